The monoisotopic (exact) mass is 512 g/mol. The van der Waals surface area contributed by atoms with Crippen LogP contribution in [0.25, 0.3) is 21.5 Å². The fraction of sp³-hybridized carbons (Fsp3) is 0.182. The zero-order valence-corrected chi connectivity index (χ0v) is 22.4. The van der Waals surface area contributed by atoms with Gasteiger partial charge in [0.1, 0.15) is 0 Å². The maximum absolute atomic E-state index is 10.1. The van der Waals surface area contributed by atoms with E-state index in [1.807, 2.05) is 54.6 Å². The predicted octanol–water partition coefficient (Wildman–Crippen LogP) is 6.79. The number of rotatable bonds is 8. The lowest BCUT2D eigenvalue weighted by Crippen LogP contribution is -2.37. The number of anilines is 1. The predicted molar refractivity (Wildman–Crippen MR) is 155 cm³/mol. The average Bonchev–Trinajstić information content (AvgIpc) is 3.29. The van der Waals surface area contributed by atoms with E-state index in [1.165, 1.54) is 0 Å². The van der Waals surface area contributed by atoms with Crippen LogP contribution in [0.4, 0.5) is 5.69 Å². The summed E-state index contributed by atoms with van der Waals surface area (Å²) in [4.78, 5) is 5.53. The first kappa shape index (κ1) is 27.0. The van der Waals surface area contributed by atoms with Crippen LogP contribution in [0, 0.1) is 29.2 Å². The number of benzene rings is 3. The summed E-state index contributed by atoms with van der Waals surface area (Å²) in [5.41, 5.74) is 4.22. The van der Waals surface area contributed by atoms with E-state index in [4.69, 9.17) is 11.3 Å². The Balaban J connectivity index is 1.76. The van der Waals surface area contributed by atoms with Crippen molar-refractivity contribution in [2.75, 3.05) is 39.1 Å². The molecule has 0 bridgehead atoms. The van der Waals surface area contributed by atoms with Crippen LogP contribution in [0.1, 0.15) is 12.0 Å². The topological polar surface area (TPSA) is 64.4 Å². The summed E-state index contributed by atoms with van der Waals surface area (Å²) >= 11 is 0. The number of allylic oxidation sites excluding steroid dienone is 5. The molecule has 0 unspecified atom stereocenters. The lowest BCUT2D eigenvalue weighted by atomic mass is 9.96. The molecule has 4 rings (SSSR count). The second-order valence-corrected chi connectivity index (χ2v) is 10.2. The van der Waals surface area contributed by atoms with Crippen molar-refractivity contribution < 1.29 is 9.22 Å². The molecule has 3 aromatic rings. The highest BCUT2D eigenvalue weighted by molar-refractivity contribution is 5.88. The molecule has 39 heavy (non-hydrogen) atoms. The van der Waals surface area contributed by atoms with E-state index in [1.54, 1.807) is 24.3 Å². The summed E-state index contributed by atoms with van der Waals surface area (Å²) in [6.45, 7) is 9.21. The van der Waals surface area contributed by atoms with Crippen LogP contribution in [0.3, 0.4) is 0 Å². The largest absolute Gasteiger partial charge is 0.439 e. The third kappa shape index (κ3) is 6.43. The Kier molecular flexibility index (Phi) is 8.27. The van der Waals surface area contributed by atoms with Crippen molar-refractivity contribution in [2.24, 2.45) is 0 Å². The molecule has 1 aliphatic rings. The number of fused-ring (bicyclic) bond motifs is 1. The van der Waals surface area contributed by atoms with E-state index in [9.17, 15) is 10.5 Å². The molecule has 0 aliphatic carbocycles. The third-order valence-corrected chi connectivity index (χ3v) is 6.35. The molecule has 0 fully saturated rings. The first-order valence-corrected chi connectivity index (χ1v) is 12.7. The Morgan fingerprint density at radius 3 is 2.26 bits per heavy atom. The van der Waals surface area contributed by atoms with Gasteiger partial charge in [0, 0.05) is 24.6 Å². The highest BCUT2D eigenvalue weighted by Crippen LogP contribution is 2.42. The maximum atomic E-state index is 10.1. The second kappa shape index (κ2) is 12.0. The standard InChI is InChI=1S/C33H30N5O/c1-36-29(24-35)33(26-14-9-6-10-15-26)28(23-34)17-19-32-37(20-11-21-38(2,3)4)30-22-27(16-18-31(30)39-32)25-12-7-5-8-13-25/h5-10,12-19,22H,11,20-21H2,2-4H3/q+1. The van der Waals surface area contributed by atoms with E-state index in [0.717, 1.165) is 46.6 Å². The molecule has 0 spiro atoms. The molecular formula is C33H30N5O+. The van der Waals surface area contributed by atoms with Crippen LogP contribution in [-0.4, -0.2) is 38.7 Å². The average molecular weight is 513 g/mol. The first-order valence-electron chi connectivity index (χ1n) is 12.7. The quantitative estimate of drug-likeness (QED) is 0.144. The van der Waals surface area contributed by atoms with E-state index >= 15 is 0 Å². The van der Waals surface area contributed by atoms with Gasteiger partial charge in [-0.2, -0.15) is 5.26 Å². The fourth-order valence-corrected chi connectivity index (χ4v) is 4.46. The number of quaternary nitrogens is 1. The summed E-state index contributed by atoms with van der Waals surface area (Å²) in [6, 6.07) is 29.6. The smallest absolute Gasteiger partial charge is 0.270 e. The van der Waals surface area contributed by atoms with Crippen LogP contribution in [0.15, 0.2) is 108 Å². The van der Waals surface area contributed by atoms with E-state index in [2.05, 4.69) is 55.2 Å². The van der Waals surface area contributed by atoms with Crippen molar-refractivity contribution in [1.29, 1.82) is 10.5 Å². The van der Waals surface area contributed by atoms with Crippen LogP contribution in [-0.2, 0) is 0 Å². The normalized spacial score (nSPS) is 14.5. The highest BCUT2D eigenvalue weighted by atomic mass is 16.5. The minimum atomic E-state index is -0.129. The molecular weight excluding hydrogens is 482 g/mol. The van der Waals surface area contributed by atoms with Crippen molar-refractivity contribution in [2.45, 2.75) is 6.42 Å². The van der Waals surface area contributed by atoms with Gasteiger partial charge in [0.2, 0.25) is 5.88 Å². The molecule has 1 aliphatic heterocycles. The molecule has 0 saturated heterocycles. The van der Waals surface area contributed by atoms with Gasteiger partial charge in [0.25, 0.3) is 5.70 Å². The van der Waals surface area contributed by atoms with E-state index in [-0.39, 0.29) is 11.3 Å². The number of hydrogen-bond donors (Lipinski definition) is 0. The molecule has 192 valence electrons. The minimum absolute atomic E-state index is 0.129. The van der Waals surface area contributed by atoms with Gasteiger partial charge in [-0.3, -0.25) is 0 Å². The van der Waals surface area contributed by atoms with Crippen LogP contribution < -0.4 is 9.64 Å². The van der Waals surface area contributed by atoms with Gasteiger partial charge in [-0.05, 0) is 34.9 Å². The van der Waals surface area contributed by atoms with Gasteiger partial charge < -0.3 is 14.1 Å². The zero-order valence-electron chi connectivity index (χ0n) is 22.4. The first-order chi connectivity index (χ1) is 18.8. The molecule has 0 N–H and O–H groups in total. The Hall–Kier alpha value is -5.09. The summed E-state index contributed by atoms with van der Waals surface area (Å²) in [5.74, 6) is 1.34. The Morgan fingerprint density at radius 1 is 0.949 bits per heavy atom. The number of ether oxygens (including phenoxy) is 1. The van der Waals surface area contributed by atoms with Gasteiger partial charge in [-0.1, -0.05) is 66.7 Å². The van der Waals surface area contributed by atoms with Crippen molar-refractivity contribution in [3.05, 3.63) is 125 Å². The van der Waals surface area contributed by atoms with Gasteiger partial charge in [-0.25, -0.2) is 10.1 Å². The van der Waals surface area contributed by atoms with Crippen molar-refractivity contribution in [3.8, 4) is 29.0 Å². The lowest BCUT2D eigenvalue weighted by Gasteiger charge is -2.26. The van der Waals surface area contributed by atoms with Gasteiger partial charge >= 0.3 is 0 Å². The maximum Gasteiger partial charge on any atom is 0.270 e. The summed E-state index contributed by atoms with van der Waals surface area (Å²) in [6.07, 6.45) is 4.32. The van der Waals surface area contributed by atoms with Gasteiger partial charge in [0.05, 0.1) is 57.7 Å². The Morgan fingerprint density at radius 2 is 1.64 bits per heavy atom. The Bertz CT molecular complexity index is 1540. The minimum Gasteiger partial charge on any atom is -0.439 e. The molecule has 3 aromatic carbocycles. The summed E-state index contributed by atoms with van der Waals surface area (Å²) in [5, 5.41) is 19.7. The molecule has 6 nitrogen and oxygen atoms in total. The summed E-state index contributed by atoms with van der Waals surface area (Å²) in [7, 11) is 6.51. The van der Waals surface area contributed by atoms with Crippen molar-refractivity contribution in [1.82, 2.24) is 0 Å². The van der Waals surface area contributed by atoms with Crippen LogP contribution in [0.2, 0.25) is 0 Å². The van der Waals surface area contributed by atoms with E-state index < -0.39 is 0 Å². The highest BCUT2D eigenvalue weighted by Gasteiger charge is 2.27. The number of nitrogens with zero attached hydrogens (tertiary/aromatic N) is 5. The SMILES string of the molecule is [C-]#[N+]C(C#N)=C(C(C#N)=CC=C1Oc2ccc(-c3ccccc3)cc2N1CCC[N+](C)(C)C)c1ccccc1. The second-order valence-electron chi connectivity index (χ2n) is 10.2. The molecule has 0 atom stereocenters. The van der Waals surface area contributed by atoms with Crippen molar-refractivity contribution >= 4 is 11.3 Å². The lowest BCUT2D eigenvalue weighted by molar-refractivity contribution is -0.870. The molecule has 0 aromatic heterocycles. The zero-order chi connectivity index (χ0) is 27.8. The van der Waals surface area contributed by atoms with Crippen LogP contribution in [0.5, 0.6) is 5.75 Å². The summed E-state index contributed by atoms with van der Waals surface area (Å²) < 4.78 is 7.12. The van der Waals surface area contributed by atoms with E-state index in [0.29, 0.717) is 17.0 Å². The third-order valence-electron chi connectivity index (χ3n) is 6.35. The fourth-order valence-electron chi connectivity index (χ4n) is 4.46. The van der Waals surface area contributed by atoms with Crippen LogP contribution >= 0.6 is 0 Å². The Labute approximate surface area is 230 Å². The van der Waals surface area contributed by atoms with Crippen molar-refractivity contribution in [3.63, 3.8) is 0 Å². The molecule has 6 heteroatoms. The van der Waals surface area contributed by atoms with Gasteiger partial charge in [0.15, 0.2) is 5.75 Å². The number of hydrogen-bond acceptors (Lipinski definition) is 4. The van der Waals surface area contributed by atoms with Gasteiger partial charge in [-0.15, -0.1) is 0 Å². The molecule has 0 radical (unpaired) electrons. The molecule has 1 heterocycles. The molecule has 0 saturated carbocycles. The number of nitriles is 2. The molecule has 0 amide bonds.